The van der Waals surface area contributed by atoms with Crippen LogP contribution in [-0.2, 0) is 36.3 Å². The van der Waals surface area contributed by atoms with Gasteiger partial charge in [0.05, 0.1) is 24.3 Å². The van der Waals surface area contributed by atoms with E-state index < -0.39 is 34.4 Å². The largest absolute Gasteiger partial charge is 0.352 e. The number of aliphatic hydroxyl groups excluding tert-OH is 1. The van der Waals surface area contributed by atoms with E-state index in [2.05, 4.69) is 10.4 Å². The van der Waals surface area contributed by atoms with Crippen molar-refractivity contribution in [3.63, 3.8) is 0 Å². The number of anilines is 1. The zero-order valence-electron chi connectivity index (χ0n) is 16.7. The summed E-state index contributed by atoms with van der Waals surface area (Å²) >= 11 is 0. The minimum atomic E-state index is -3.15. The molecule has 2 aromatic rings. The summed E-state index contributed by atoms with van der Waals surface area (Å²) in [7, 11) is -0.805. The number of urea groups is 1. The molecule has 0 fully saturated rings. The number of nitrogens with one attached hydrogen (secondary N) is 1. The SMILES string of the molecule is CC1Cc2nn3c(c2CN1C(=O)Nc1ccc(F)c(C#N)c1)C(F)(F)C[S+](CO)CC3. The van der Waals surface area contributed by atoms with E-state index in [9.17, 15) is 14.3 Å². The van der Waals surface area contributed by atoms with Crippen LogP contribution in [0.5, 0.6) is 0 Å². The van der Waals surface area contributed by atoms with Gasteiger partial charge in [-0.15, -0.1) is 0 Å². The second kappa shape index (κ2) is 8.09. The molecule has 11 heteroatoms. The number of nitrogens with zero attached hydrogens (tertiary/aromatic N) is 4. The molecule has 1 aromatic carbocycles. The molecule has 0 saturated carbocycles. The molecule has 31 heavy (non-hydrogen) atoms. The number of rotatable bonds is 2. The fourth-order valence-electron chi connectivity index (χ4n) is 4.04. The first kappa shape index (κ1) is 21.5. The third-order valence-electron chi connectivity index (χ3n) is 5.59. The van der Waals surface area contributed by atoms with Gasteiger partial charge < -0.3 is 15.3 Å². The first-order valence-electron chi connectivity index (χ1n) is 9.72. The number of hydrogen-bond donors (Lipinski definition) is 2. The number of aromatic nitrogens is 2. The predicted octanol–water partition coefficient (Wildman–Crippen LogP) is 2.55. The van der Waals surface area contributed by atoms with Crippen molar-refractivity contribution in [2.45, 2.75) is 38.4 Å². The van der Waals surface area contributed by atoms with E-state index in [-0.39, 0.29) is 35.5 Å². The lowest BCUT2D eigenvalue weighted by molar-refractivity contribution is 0.0123. The molecule has 3 heterocycles. The Morgan fingerprint density at radius 1 is 1.48 bits per heavy atom. The van der Waals surface area contributed by atoms with Crippen LogP contribution in [0.1, 0.15) is 29.4 Å². The lowest BCUT2D eigenvalue weighted by Crippen LogP contribution is -2.45. The Morgan fingerprint density at radius 3 is 2.97 bits per heavy atom. The highest BCUT2D eigenvalue weighted by Crippen LogP contribution is 2.39. The summed E-state index contributed by atoms with van der Waals surface area (Å²) < 4.78 is 45.0. The third kappa shape index (κ3) is 3.97. The highest BCUT2D eigenvalue weighted by Gasteiger charge is 2.49. The van der Waals surface area contributed by atoms with Crippen LogP contribution in [0.3, 0.4) is 0 Å². The van der Waals surface area contributed by atoms with Crippen LogP contribution in [-0.4, -0.2) is 49.3 Å². The summed E-state index contributed by atoms with van der Waals surface area (Å²) in [5.74, 6) is -4.12. The average molecular weight is 452 g/mol. The molecular formula is C20H21F3N5O2S+. The van der Waals surface area contributed by atoms with Gasteiger partial charge in [-0.1, -0.05) is 0 Å². The summed E-state index contributed by atoms with van der Waals surface area (Å²) in [5.41, 5.74) is 0.771. The molecule has 4 rings (SSSR count). The number of halogens is 3. The standard InChI is InChI=1S/C20H20F3N5O2S/c1-12-6-17-15(18-20(22,23)10-31(11-29)5-4-28(18)26-17)9-27(12)19(30)25-14-2-3-16(21)13(7-14)8-24/h2-3,7,12,29H,4-6,9-11H2,1H3/p+1. The molecule has 2 aliphatic heterocycles. The Labute approximate surface area is 179 Å². The number of aliphatic hydroxyl groups is 1. The van der Waals surface area contributed by atoms with Crippen LogP contribution in [0.4, 0.5) is 23.7 Å². The van der Waals surface area contributed by atoms with Crippen molar-refractivity contribution in [3.8, 4) is 6.07 Å². The highest BCUT2D eigenvalue weighted by atomic mass is 32.2. The third-order valence-corrected chi connectivity index (χ3v) is 7.48. The van der Waals surface area contributed by atoms with Gasteiger partial charge in [0.2, 0.25) is 5.94 Å². The number of amides is 2. The van der Waals surface area contributed by atoms with Crippen molar-refractivity contribution in [2.24, 2.45) is 0 Å². The van der Waals surface area contributed by atoms with Gasteiger partial charge in [0.1, 0.15) is 23.3 Å². The molecule has 7 nitrogen and oxygen atoms in total. The zero-order chi connectivity index (χ0) is 22.3. The van der Waals surface area contributed by atoms with Crippen LogP contribution in [0, 0.1) is 17.1 Å². The number of benzene rings is 1. The van der Waals surface area contributed by atoms with Gasteiger partial charge in [0.25, 0.3) is 0 Å². The number of carbonyl (C=O) groups is 1. The van der Waals surface area contributed by atoms with Gasteiger partial charge in [0.15, 0.2) is 5.75 Å². The van der Waals surface area contributed by atoms with E-state index in [1.807, 2.05) is 0 Å². The van der Waals surface area contributed by atoms with Gasteiger partial charge >= 0.3 is 12.0 Å². The molecule has 1 aromatic heterocycles. The minimum absolute atomic E-state index is 0.0353. The van der Waals surface area contributed by atoms with Crippen molar-refractivity contribution in [1.29, 1.82) is 5.26 Å². The topological polar surface area (TPSA) is 94.2 Å². The van der Waals surface area contributed by atoms with Crippen LogP contribution < -0.4 is 5.32 Å². The van der Waals surface area contributed by atoms with E-state index in [1.54, 1.807) is 13.0 Å². The number of nitriles is 1. The van der Waals surface area contributed by atoms with E-state index in [4.69, 9.17) is 5.26 Å². The maximum Gasteiger partial charge on any atom is 0.333 e. The molecule has 0 radical (unpaired) electrons. The maximum atomic E-state index is 15.1. The van der Waals surface area contributed by atoms with E-state index in [1.165, 1.54) is 21.7 Å². The van der Waals surface area contributed by atoms with Crippen molar-refractivity contribution in [1.82, 2.24) is 14.7 Å². The van der Waals surface area contributed by atoms with Gasteiger partial charge in [-0.25, -0.2) is 9.18 Å². The number of fused-ring (bicyclic) bond motifs is 3. The number of aryl methyl sites for hydroxylation is 1. The van der Waals surface area contributed by atoms with E-state index in [0.29, 0.717) is 30.0 Å². The monoisotopic (exact) mass is 452 g/mol. The molecular weight excluding hydrogens is 431 g/mol. The number of alkyl halides is 2. The van der Waals surface area contributed by atoms with Gasteiger partial charge in [-0.2, -0.15) is 19.1 Å². The molecule has 2 aliphatic rings. The van der Waals surface area contributed by atoms with Crippen molar-refractivity contribution in [2.75, 3.05) is 22.8 Å². The molecule has 2 atom stereocenters. The van der Waals surface area contributed by atoms with Crippen molar-refractivity contribution < 1.29 is 23.1 Å². The first-order valence-corrected chi connectivity index (χ1v) is 11.5. The molecule has 0 aliphatic carbocycles. The van der Waals surface area contributed by atoms with Gasteiger partial charge in [-0.3, -0.25) is 4.68 Å². The quantitative estimate of drug-likeness (QED) is 0.685. The smallest absolute Gasteiger partial charge is 0.333 e. The summed E-state index contributed by atoms with van der Waals surface area (Å²) in [6, 6.07) is 4.55. The number of hydrogen-bond acceptors (Lipinski definition) is 4. The highest BCUT2D eigenvalue weighted by molar-refractivity contribution is 7.96. The molecule has 0 saturated heterocycles. The van der Waals surface area contributed by atoms with Gasteiger partial charge in [-0.05, 0) is 25.1 Å². The summed E-state index contributed by atoms with van der Waals surface area (Å²) in [6.07, 6.45) is 0.331. The molecule has 0 bridgehead atoms. The Kier molecular flexibility index (Phi) is 5.61. The molecule has 0 spiro atoms. The first-order chi connectivity index (χ1) is 14.7. The Bertz CT molecular complexity index is 1070. The fourth-order valence-corrected chi connectivity index (χ4v) is 5.49. The number of carbonyl (C=O) groups excluding carboxylic acids is 1. The fraction of sp³-hybridized carbons (Fsp3) is 0.450. The second-order valence-electron chi connectivity index (χ2n) is 7.71. The van der Waals surface area contributed by atoms with Crippen molar-refractivity contribution in [3.05, 3.63) is 46.5 Å². The second-order valence-corrected chi connectivity index (χ2v) is 9.89. The predicted molar refractivity (Wildman–Crippen MR) is 109 cm³/mol. The normalized spacial score (nSPS) is 22.1. The average Bonchev–Trinajstić information content (AvgIpc) is 3.03. The zero-order valence-corrected chi connectivity index (χ0v) is 17.6. The van der Waals surface area contributed by atoms with Crippen LogP contribution in [0.15, 0.2) is 18.2 Å². The molecule has 2 amide bonds. The summed E-state index contributed by atoms with van der Waals surface area (Å²) in [4.78, 5) is 14.3. The minimum Gasteiger partial charge on any atom is -0.352 e. The van der Waals surface area contributed by atoms with Crippen LogP contribution in [0.25, 0.3) is 0 Å². The lowest BCUT2D eigenvalue weighted by Gasteiger charge is -2.33. The van der Waals surface area contributed by atoms with Crippen molar-refractivity contribution >= 4 is 22.6 Å². The Hall–Kier alpha value is -2.71. The van der Waals surface area contributed by atoms with E-state index in [0.717, 1.165) is 6.07 Å². The maximum absolute atomic E-state index is 15.1. The van der Waals surface area contributed by atoms with Gasteiger partial charge in [0, 0.05) is 34.6 Å². The Morgan fingerprint density at radius 2 is 2.26 bits per heavy atom. The molecule has 2 unspecified atom stereocenters. The van der Waals surface area contributed by atoms with E-state index >= 15 is 8.78 Å². The lowest BCUT2D eigenvalue weighted by atomic mass is 9.98. The molecule has 2 N–H and O–H groups in total. The Balaban J connectivity index is 1.61. The summed E-state index contributed by atoms with van der Waals surface area (Å²) in [5, 5.41) is 25.4. The summed E-state index contributed by atoms with van der Waals surface area (Å²) in [6.45, 7) is 2.07. The molecule has 164 valence electrons. The van der Waals surface area contributed by atoms with Crippen LogP contribution >= 0.6 is 0 Å². The van der Waals surface area contributed by atoms with Crippen LogP contribution in [0.2, 0.25) is 0 Å².